The second kappa shape index (κ2) is 9.74. The summed E-state index contributed by atoms with van der Waals surface area (Å²) < 4.78 is 92.4. The number of piperidine rings is 1. The summed E-state index contributed by atoms with van der Waals surface area (Å²) in [5.74, 6) is -2.60. The molecule has 0 saturated carbocycles. The van der Waals surface area contributed by atoms with Crippen molar-refractivity contribution < 1.29 is 45.4 Å². The van der Waals surface area contributed by atoms with Crippen molar-refractivity contribution in [2.45, 2.75) is 31.2 Å². The van der Waals surface area contributed by atoms with E-state index in [1.54, 1.807) is 0 Å². The molecule has 2 unspecified atom stereocenters. The Morgan fingerprint density at radius 2 is 1.54 bits per heavy atom. The molecule has 0 spiro atoms. The Balaban J connectivity index is 1.88. The zero-order valence-electron chi connectivity index (χ0n) is 18.3. The van der Waals surface area contributed by atoms with E-state index in [9.17, 15) is 45.4 Å². The Kier molecular flexibility index (Phi) is 7.32. The number of carbonyl (C=O) groups excluding carboxylic acids is 1. The molecule has 1 aliphatic rings. The van der Waals surface area contributed by atoms with Gasteiger partial charge in [0.25, 0.3) is 0 Å². The van der Waals surface area contributed by atoms with Crippen molar-refractivity contribution in [2.24, 2.45) is 5.92 Å². The van der Waals surface area contributed by atoms with E-state index in [4.69, 9.17) is 0 Å². The summed E-state index contributed by atoms with van der Waals surface area (Å²) in [6.45, 7) is -0.590. The first kappa shape index (κ1) is 26.3. The molecular formula is C23H21F7N2O3. The zero-order valence-corrected chi connectivity index (χ0v) is 18.3. The molecule has 0 radical (unpaired) electrons. The van der Waals surface area contributed by atoms with Crippen molar-refractivity contribution in [3.05, 3.63) is 70.5 Å². The smallest absolute Gasteiger partial charge is 0.416 e. The summed E-state index contributed by atoms with van der Waals surface area (Å²) in [5, 5.41) is 9.35. The lowest BCUT2D eigenvalue weighted by molar-refractivity contribution is -0.143. The minimum Gasteiger partial charge on any atom is -0.465 e. The molecule has 2 amide bonds. The summed E-state index contributed by atoms with van der Waals surface area (Å²) >= 11 is 0. The molecule has 1 aliphatic heterocycles. The number of likely N-dealkylation sites (tertiary alicyclic amines) is 1. The molecule has 0 aromatic heterocycles. The summed E-state index contributed by atoms with van der Waals surface area (Å²) in [4.78, 5) is 26.8. The van der Waals surface area contributed by atoms with Gasteiger partial charge in [-0.05, 0) is 47.9 Å². The lowest BCUT2D eigenvalue weighted by Gasteiger charge is -2.38. The zero-order chi connectivity index (χ0) is 26.1. The van der Waals surface area contributed by atoms with Crippen LogP contribution in [0.15, 0.2) is 42.5 Å². The van der Waals surface area contributed by atoms with Gasteiger partial charge in [0.1, 0.15) is 5.82 Å². The van der Waals surface area contributed by atoms with Gasteiger partial charge in [0.15, 0.2) is 0 Å². The van der Waals surface area contributed by atoms with E-state index in [1.165, 1.54) is 19.2 Å². The highest BCUT2D eigenvalue weighted by molar-refractivity contribution is 5.80. The third kappa shape index (κ3) is 6.23. The average Bonchev–Trinajstić information content (AvgIpc) is 2.77. The van der Waals surface area contributed by atoms with Gasteiger partial charge >= 0.3 is 18.4 Å². The van der Waals surface area contributed by atoms with Gasteiger partial charge in [0.05, 0.1) is 11.1 Å². The maximum atomic E-state index is 13.4. The minimum absolute atomic E-state index is 0.0114. The van der Waals surface area contributed by atoms with Crippen LogP contribution >= 0.6 is 0 Å². The highest BCUT2D eigenvalue weighted by atomic mass is 19.4. The topological polar surface area (TPSA) is 60.9 Å². The van der Waals surface area contributed by atoms with Crippen LogP contribution < -0.4 is 0 Å². The number of carbonyl (C=O) groups is 2. The first-order chi connectivity index (χ1) is 16.2. The number of benzene rings is 2. The monoisotopic (exact) mass is 506 g/mol. The van der Waals surface area contributed by atoms with E-state index in [1.807, 2.05) is 0 Å². The first-order valence-corrected chi connectivity index (χ1v) is 10.4. The SMILES string of the molecule is CN(Cc1cc(C(F)(F)F)cc(C(F)(F)F)c1)C(=O)C1CCN(C(=O)O)CC1c1ccc(F)cc1. The molecule has 0 bridgehead atoms. The van der Waals surface area contributed by atoms with Crippen molar-refractivity contribution in [1.29, 1.82) is 0 Å². The standard InChI is InChI=1S/C23H21F7N2O3/c1-31(11-13-8-15(22(25,26)27)10-16(9-13)23(28,29)30)20(33)18-6-7-32(21(34)35)12-19(18)14-2-4-17(24)5-3-14/h2-5,8-10,18-19H,6-7,11-12H2,1H3,(H,34,35). The van der Waals surface area contributed by atoms with Gasteiger partial charge in [-0.25, -0.2) is 9.18 Å². The Morgan fingerprint density at radius 3 is 2.03 bits per heavy atom. The predicted octanol–water partition coefficient (Wildman–Crippen LogP) is 5.61. The molecule has 3 rings (SSSR count). The third-order valence-electron chi connectivity index (χ3n) is 5.94. The van der Waals surface area contributed by atoms with Crippen molar-refractivity contribution in [3.63, 3.8) is 0 Å². The summed E-state index contributed by atoms with van der Waals surface area (Å²) in [7, 11) is 1.25. The highest BCUT2D eigenvalue weighted by Crippen LogP contribution is 2.37. The molecule has 1 saturated heterocycles. The normalized spacial score (nSPS) is 18.9. The Morgan fingerprint density at radius 1 is 1.00 bits per heavy atom. The molecule has 12 heteroatoms. The lowest BCUT2D eigenvalue weighted by atomic mass is 9.80. The van der Waals surface area contributed by atoms with Gasteiger partial charge in [0.2, 0.25) is 5.91 Å². The fourth-order valence-corrected chi connectivity index (χ4v) is 4.21. The molecule has 2 aromatic carbocycles. The van der Waals surface area contributed by atoms with E-state index in [-0.39, 0.29) is 31.1 Å². The number of nitrogens with zero attached hydrogens (tertiary/aromatic N) is 2. The van der Waals surface area contributed by atoms with E-state index in [0.717, 1.165) is 21.9 Å². The van der Waals surface area contributed by atoms with Gasteiger partial charge < -0.3 is 14.9 Å². The number of amides is 2. The number of hydrogen-bond acceptors (Lipinski definition) is 2. The number of hydrogen-bond donors (Lipinski definition) is 1. The Labute approximate surface area is 195 Å². The van der Waals surface area contributed by atoms with Crippen LogP contribution in [0.25, 0.3) is 0 Å². The van der Waals surface area contributed by atoms with Gasteiger partial charge in [-0.2, -0.15) is 26.3 Å². The molecule has 2 atom stereocenters. The van der Waals surface area contributed by atoms with Crippen molar-refractivity contribution in [3.8, 4) is 0 Å². The molecule has 1 heterocycles. The van der Waals surface area contributed by atoms with Crippen LogP contribution in [-0.4, -0.2) is 47.0 Å². The lowest BCUT2D eigenvalue weighted by Crippen LogP contribution is -2.47. The van der Waals surface area contributed by atoms with Gasteiger partial charge in [-0.15, -0.1) is 0 Å². The van der Waals surface area contributed by atoms with Crippen LogP contribution in [0.3, 0.4) is 0 Å². The summed E-state index contributed by atoms with van der Waals surface area (Å²) in [5.41, 5.74) is -2.84. The van der Waals surface area contributed by atoms with E-state index in [2.05, 4.69) is 0 Å². The van der Waals surface area contributed by atoms with Crippen molar-refractivity contribution in [1.82, 2.24) is 9.80 Å². The van der Waals surface area contributed by atoms with Crippen molar-refractivity contribution >= 4 is 12.0 Å². The second-order valence-corrected chi connectivity index (χ2v) is 8.39. The van der Waals surface area contributed by atoms with Crippen LogP contribution in [0.1, 0.15) is 34.6 Å². The largest absolute Gasteiger partial charge is 0.465 e. The quantitative estimate of drug-likeness (QED) is 0.549. The molecule has 5 nitrogen and oxygen atoms in total. The average molecular weight is 506 g/mol. The number of carboxylic acid groups (broad SMARTS) is 1. The highest BCUT2D eigenvalue weighted by Gasteiger charge is 2.39. The molecule has 2 aromatic rings. The fraction of sp³-hybridized carbons (Fsp3) is 0.391. The van der Waals surface area contributed by atoms with E-state index in [0.29, 0.717) is 17.7 Å². The number of rotatable bonds is 4. The van der Waals surface area contributed by atoms with Gasteiger partial charge in [-0.3, -0.25) is 4.79 Å². The maximum Gasteiger partial charge on any atom is 0.416 e. The van der Waals surface area contributed by atoms with E-state index < -0.39 is 59.7 Å². The van der Waals surface area contributed by atoms with Gasteiger partial charge in [0, 0.05) is 38.5 Å². The molecular weight excluding hydrogens is 485 g/mol. The van der Waals surface area contributed by atoms with Crippen LogP contribution in [0, 0.1) is 11.7 Å². The fourth-order valence-electron chi connectivity index (χ4n) is 4.21. The first-order valence-electron chi connectivity index (χ1n) is 10.4. The number of alkyl halides is 6. The van der Waals surface area contributed by atoms with Crippen molar-refractivity contribution in [2.75, 3.05) is 20.1 Å². The predicted molar refractivity (Wildman–Crippen MR) is 110 cm³/mol. The summed E-state index contributed by atoms with van der Waals surface area (Å²) in [6, 6.07) is 6.26. The van der Waals surface area contributed by atoms with Gasteiger partial charge in [-0.1, -0.05) is 12.1 Å². The number of halogens is 7. The van der Waals surface area contributed by atoms with Crippen LogP contribution in [0.2, 0.25) is 0 Å². The Hall–Kier alpha value is -3.31. The molecule has 0 aliphatic carbocycles. The van der Waals surface area contributed by atoms with Crippen LogP contribution in [0.5, 0.6) is 0 Å². The third-order valence-corrected chi connectivity index (χ3v) is 5.94. The molecule has 1 fully saturated rings. The Bertz CT molecular complexity index is 1050. The molecule has 190 valence electrons. The van der Waals surface area contributed by atoms with Crippen LogP contribution in [-0.2, 0) is 23.7 Å². The van der Waals surface area contributed by atoms with E-state index >= 15 is 0 Å². The maximum absolute atomic E-state index is 13.4. The van der Waals surface area contributed by atoms with Crippen LogP contribution in [0.4, 0.5) is 35.5 Å². The second-order valence-electron chi connectivity index (χ2n) is 8.39. The minimum atomic E-state index is -5.02. The summed E-state index contributed by atoms with van der Waals surface area (Å²) in [6.07, 6.45) is -11.2. The molecule has 1 N–H and O–H groups in total. The molecule has 35 heavy (non-hydrogen) atoms.